The van der Waals surface area contributed by atoms with Crippen molar-refractivity contribution in [3.05, 3.63) is 22.8 Å². The van der Waals surface area contributed by atoms with Crippen LogP contribution in [0.15, 0.2) is 22.8 Å². The normalized spacial score (nSPS) is 23.2. The average molecular weight is 349 g/mol. The zero-order valence-corrected chi connectivity index (χ0v) is 17.2. The fraction of sp³-hybridized carbons (Fsp3) is 0.727. The predicted octanol–water partition coefficient (Wildman–Crippen LogP) is 5.64. The molecule has 0 spiro atoms. The van der Waals surface area contributed by atoms with Crippen LogP contribution in [0, 0.1) is 17.3 Å². The highest BCUT2D eigenvalue weighted by atomic mass is 16.5. The van der Waals surface area contributed by atoms with Gasteiger partial charge in [0.15, 0.2) is 5.78 Å². The molecular weight excluding hydrogens is 312 g/mol. The summed E-state index contributed by atoms with van der Waals surface area (Å²) in [7, 11) is 0. The fourth-order valence-electron chi connectivity index (χ4n) is 4.01. The molecule has 142 valence electrons. The molecule has 0 bridgehead atoms. The lowest BCUT2D eigenvalue weighted by atomic mass is 9.60. The summed E-state index contributed by atoms with van der Waals surface area (Å²) in [4.78, 5) is 25.3. The monoisotopic (exact) mass is 348 g/mol. The van der Waals surface area contributed by atoms with Gasteiger partial charge in [-0.3, -0.25) is 9.59 Å². The smallest absolute Gasteiger partial charge is 0.306 e. The van der Waals surface area contributed by atoms with Crippen LogP contribution in [-0.4, -0.2) is 18.4 Å². The maximum atomic E-state index is 13.1. The van der Waals surface area contributed by atoms with E-state index >= 15 is 0 Å². The summed E-state index contributed by atoms with van der Waals surface area (Å²) in [6.07, 6.45) is 6.30. The number of ketones is 1. The molecular formula is C22H36O3. The largest absolute Gasteiger partial charge is 0.466 e. The summed E-state index contributed by atoms with van der Waals surface area (Å²) in [5, 5.41) is 0. The molecule has 0 fully saturated rings. The average Bonchev–Trinajstić information content (AvgIpc) is 2.54. The number of hydrogen-bond acceptors (Lipinski definition) is 3. The number of ether oxygens (including phenoxy) is 1. The molecule has 0 aromatic heterocycles. The van der Waals surface area contributed by atoms with Gasteiger partial charge in [0, 0.05) is 11.8 Å². The highest BCUT2D eigenvalue weighted by molar-refractivity contribution is 6.01. The number of esters is 1. The second-order valence-electron chi connectivity index (χ2n) is 8.10. The van der Waals surface area contributed by atoms with E-state index in [9.17, 15) is 9.59 Å². The van der Waals surface area contributed by atoms with Gasteiger partial charge >= 0.3 is 5.97 Å². The van der Waals surface area contributed by atoms with E-state index < -0.39 is 5.41 Å². The van der Waals surface area contributed by atoms with Crippen molar-refractivity contribution in [1.29, 1.82) is 0 Å². The van der Waals surface area contributed by atoms with E-state index in [1.54, 1.807) is 0 Å². The molecule has 3 nitrogen and oxygen atoms in total. The Bertz CT molecular complexity index is 552. The van der Waals surface area contributed by atoms with Gasteiger partial charge in [-0.15, -0.1) is 0 Å². The molecule has 0 saturated heterocycles. The van der Waals surface area contributed by atoms with Crippen molar-refractivity contribution < 1.29 is 14.3 Å². The molecule has 0 N–H and O–H groups in total. The van der Waals surface area contributed by atoms with E-state index in [1.165, 1.54) is 11.1 Å². The molecule has 1 rings (SSSR count). The molecule has 3 atom stereocenters. The van der Waals surface area contributed by atoms with Gasteiger partial charge in [-0.1, -0.05) is 31.1 Å². The van der Waals surface area contributed by atoms with Crippen LogP contribution in [0.25, 0.3) is 0 Å². The van der Waals surface area contributed by atoms with E-state index in [2.05, 4.69) is 33.8 Å². The first-order chi connectivity index (χ1) is 11.6. The van der Waals surface area contributed by atoms with Crippen LogP contribution >= 0.6 is 0 Å². The van der Waals surface area contributed by atoms with Crippen LogP contribution in [0.3, 0.4) is 0 Å². The fourth-order valence-corrected chi connectivity index (χ4v) is 4.01. The molecule has 25 heavy (non-hydrogen) atoms. The van der Waals surface area contributed by atoms with Crippen molar-refractivity contribution in [3.63, 3.8) is 0 Å². The second kappa shape index (κ2) is 9.35. The summed E-state index contributed by atoms with van der Waals surface area (Å²) in [6.45, 7) is 14.6. The summed E-state index contributed by atoms with van der Waals surface area (Å²) in [6, 6.07) is 0. The maximum Gasteiger partial charge on any atom is 0.306 e. The van der Waals surface area contributed by atoms with Crippen molar-refractivity contribution in [1.82, 2.24) is 0 Å². The third-order valence-corrected chi connectivity index (χ3v) is 5.89. The Morgan fingerprint density at radius 1 is 1.32 bits per heavy atom. The number of allylic oxidation sites excluding steroid dienone is 4. The molecule has 0 aromatic carbocycles. The number of rotatable bonds is 8. The highest BCUT2D eigenvalue weighted by Gasteiger charge is 2.46. The standard InChI is InChI=1S/C22H36O3/c1-8-25-20(23)14-19(17(5)11-9-10-15(2)3)22(7)13-12-16(4)18(6)21(22)24/h10,17,19H,8-9,11-14H2,1-7H3/t17?,19-,22+/m0/s1. The van der Waals surface area contributed by atoms with Gasteiger partial charge in [0.05, 0.1) is 6.61 Å². The van der Waals surface area contributed by atoms with E-state index in [1.807, 2.05) is 20.8 Å². The molecule has 0 amide bonds. The third kappa shape index (κ3) is 5.55. The van der Waals surface area contributed by atoms with Crippen LogP contribution in [0.4, 0.5) is 0 Å². The van der Waals surface area contributed by atoms with Crippen molar-refractivity contribution in [2.24, 2.45) is 17.3 Å². The Hall–Kier alpha value is -1.38. The first kappa shape index (κ1) is 21.7. The van der Waals surface area contributed by atoms with Gasteiger partial charge in [-0.25, -0.2) is 0 Å². The third-order valence-electron chi connectivity index (χ3n) is 5.89. The van der Waals surface area contributed by atoms with Gasteiger partial charge < -0.3 is 4.74 Å². The maximum absolute atomic E-state index is 13.1. The molecule has 1 aliphatic rings. The first-order valence-electron chi connectivity index (χ1n) is 9.63. The molecule has 0 saturated carbocycles. The molecule has 0 heterocycles. The Kier molecular flexibility index (Phi) is 8.11. The van der Waals surface area contributed by atoms with Crippen LogP contribution in [-0.2, 0) is 14.3 Å². The molecule has 0 radical (unpaired) electrons. The quantitative estimate of drug-likeness (QED) is 0.421. The van der Waals surface area contributed by atoms with Gasteiger partial charge in [-0.2, -0.15) is 0 Å². The zero-order chi connectivity index (χ0) is 19.2. The van der Waals surface area contributed by atoms with Crippen molar-refractivity contribution in [2.75, 3.05) is 6.61 Å². The molecule has 1 aliphatic carbocycles. The Morgan fingerprint density at radius 3 is 2.52 bits per heavy atom. The summed E-state index contributed by atoms with van der Waals surface area (Å²) < 4.78 is 5.21. The van der Waals surface area contributed by atoms with E-state index in [0.29, 0.717) is 18.9 Å². The second-order valence-corrected chi connectivity index (χ2v) is 8.10. The zero-order valence-electron chi connectivity index (χ0n) is 17.2. The van der Waals surface area contributed by atoms with Gasteiger partial charge in [0.1, 0.15) is 0 Å². The minimum Gasteiger partial charge on any atom is -0.466 e. The number of carbonyl (C=O) groups is 2. The lowest BCUT2D eigenvalue weighted by Crippen LogP contribution is -2.43. The van der Waals surface area contributed by atoms with Crippen LogP contribution in [0.5, 0.6) is 0 Å². The number of Topliss-reactive ketones (excluding diaryl/α,β-unsaturated/α-hetero) is 1. The minimum atomic E-state index is -0.471. The summed E-state index contributed by atoms with van der Waals surface area (Å²) in [5.74, 6) is 0.354. The van der Waals surface area contributed by atoms with Gasteiger partial charge in [0.25, 0.3) is 0 Å². The highest BCUT2D eigenvalue weighted by Crippen LogP contribution is 2.47. The number of carbonyl (C=O) groups excluding carboxylic acids is 2. The Labute approximate surface area is 153 Å². The van der Waals surface area contributed by atoms with Crippen molar-refractivity contribution in [2.45, 2.75) is 80.6 Å². The van der Waals surface area contributed by atoms with Gasteiger partial charge in [0.2, 0.25) is 0 Å². The lowest BCUT2D eigenvalue weighted by molar-refractivity contribution is -0.147. The van der Waals surface area contributed by atoms with E-state index in [-0.39, 0.29) is 17.7 Å². The summed E-state index contributed by atoms with van der Waals surface area (Å²) >= 11 is 0. The molecule has 3 heteroatoms. The number of hydrogen-bond donors (Lipinski definition) is 0. The first-order valence-corrected chi connectivity index (χ1v) is 9.63. The van der Waals surface area contributed by atoms with Crippen LogP contribution in [0.1, 0.15) is 80.6 Å². The van der Waals surface area contributed by atoms with E-state index in [4.69, 9.17) is 4.74 Å². The van der Waals surface area contributed by atoms with Crippen molar-refractivity contribution >= 4 is 11.8 Å². The lowest BCUT2D eigenvalue weighted by Gasteiger charge is -2.42. The van der Waals surface area contributed by atoms with Crippen LogP contribution < -0.4 is 0 Å². The van der Waals surface area contributed by atoms with Crippen molar-refractivity contribution in [3.8, 4) is 0 Å². The summed E-state index contributed by atoms with van der Waals surface area (Å²) in [5.41, 5.74) is 2.91. The van der Waals surface area contributed by atoms with Crippen LogP contribution in [0.2, 0.25) is 0 Å². The topological polar surface area (TPSA) is 43.4 Å². The SMILES string of the molecule is CCOC(=O)C[C@@H](C(C)CCC=C(C)C)[C@@]1(C)CCC(C)=C(C)C1=O. The molecule has 0 aliphatic heterocycles. The predicted molar refractivity (Wildman–Crippen MR) is 103 cm³/mol. The van der Waals surface area contributed by atoms with E-state index in [0.717, 1.165) is 31.3 Å². The minimum absolute atomic E-state index is 0.0210. The van der Waals surface area contributed by atoms with Gasteiger partial charge in [-0.05, 0) is 77.7 Å². The Balaban J connectivity index is 3.06. The molecule has 1 unspecified atom stereocenters. The molecule has 0 aromatic rings. The Morgan fingerprint density at radius 2 is 1.96 bits per heavy atom.